The summed E-state index contributed by atoms with van der Waals surface area (Å²) in [7, 11) is -3.96. The Labute approximate surface area is 149 Å². The van der Waals surface area contributed by atoms with Gasteiger partial charge in [-0.3, -0.25) is 14.4 Å². The van der Waals surface area contributed by atoms with Gasteiger partial charge in [0.2, 0.25) is 0 Å². The van der Waals surface area contributed by atoms with Gasteiger partial charge in [-0.1, -0.05) is 18.2 Å². The average molecular weight is 392 g/mol. The Morgan fingerprint density at radius 3 is 1.88 bits per heavy atom. The number of carbonyl (C=O) groups is 3. The van der Waals surface area contributed by atoms with E-state index in [2.05, 4.69) is 0 Å². The fourth-order valence-corrected chi connectivity index (χ4v) is 4.64. The molecule has 26 heavy (non-hydrogen) atoms. The van der Waals surface area contributed by atoms with Crippen LogP contribution in [0.4, 0.5) is 13.2 Å². The van der Waals surface area contributed by atoms with Crippen molar-refractivity contribution in [2.24, 2.45) is 0 Å². The lowest BCUT2D eigenvalue weighted by atomic mass is 10.1. The van der Waals surface area contributed by atoms with Gasteiger partial charge in [0, 0.05) is 20.8 Å². The molecule has 144 valence electrons. The van der Waals surface area contributed by atoms with Crippen LogP contribution in [0.3, 0.4) is 0 Å². The second-order valence-electron chi connectivity index (χ2n) is 5.52. The first-order valence-electron chi connectivity index (χ1n) is 7.68. The Kier molecular flexibility index (Phi) is 7.37. The van der Waals surface area contributed by atoms with E-state index in [-0.39, 0.29) is 18.9 Å². The van der Waals surface area contributed by atoms with Crippen molar-refractivity contribution in [2.75, 3.05) is 0 Å². The lowest BCUT2D eigenvalue weighted by molar-refractivity contribution is -0.148. The molecule has 1 rings (SSSR count). The topological polar surface area (TPSA) is 78.9 Å². The number of aryl methyl sites for hydroxylation is 1. The van der Waals surface area contributed by atoms with Gasteiger partial charge >= 0.3 is 15.0 Å². The molecule has 0 amide bonds. The van der Waals surface area contributed by atoms with Crippen molar-refractivity contribution in [1.29, 1.82) is 0 Å². The fourth-order valence-electron chi connectivity index (χ4n) is 2.28. The number of halogens is 3. The van der Waals surface area contributed by atoms with Crippen molar-refractivity contribution in [3.05, 3.63) is 35.4 Å². The summed E-state index contributed by atoms with van der Waals surface area (Å²) < 4.78 is 53.3. The Bertz CT molecular complexity index is 633. The fraction of sp³-hybridized carbons (Fsp3) is 0.438. The van der Waals surface area contributed by atoms with E-state index in [1.807, 2.05) is 0 Å². The Morgan fingerprint density at radius 2 is 1.46 bits per heavy atom. The highest BCUT2D eigenvalue weighted by Crippen LogP contribution is 2.30. The van der Waals surface area contributed by atoms with Crippen LogP contribution in [0.2, 0.25) is 6.04 Å². The van der Waals surface area contributed by atoms with Crippen LogP contribution in [0.1, 0.15) is 38.3 Å². The van der Waals surface area contributed by atoms with Crippen molar-refractivity contribution in [1.82, 2.24) is 0 Å². The highest BCUT2D eigenvalue weighted by Gasteiger charge is 2.51. The van der Waals surface area contributed by atoms with Gasteiger partial charge in [-0.25, -0.2) is 0 Å². The molecule has 0 atom stereocenters. The van der Waals surface area contributed by atoms with Gasteiger partial charge in [0.15, 0.2) is 0 Å². The zero-order valence-electron chi connectivity index (χ0n) is 14.5. The standard InChI is InChI=1S/C16H19F3O6Si/c1-11(20)23-26(24-12(2)21,25-13(3)22)9-5-7-14-6-4-8-15(10-14)16(17,18)19/h4,6,8,10H,5,7,9H2,1-3H3. The molecule has 0 saturated carbocycles. The van der Waals surface area contributed by atoms with E-state index in [1.165, 1.54) is 12.1 Å². The molecule has 0 bridgehead atoms. The van der Waals surface area contributed by atoms with Crippen LogP contribution in [-0.4, -0.2) is 26.7 Å². The van der Waals surface area contributed by atoms with E-state index in [0.29, 0.717) is 5.56 Å². The van der Waals surface area contributed by atoms with Gasteiger partial charge in [-0.05, 0) is 24.5 Å². The van der Waals surface area contributed by atoms with Crippen molar-refractivity contribution in [2.45, 2.75) is 45.8 Å². The zero-order valence-corrected chi connectivity index (χ0v) is 15.5. The third kappa shape index (κ3) is 7.26. The number of hydrogen-bond donors (Lipinski definition) is 0. The molecule has 0 spiro atoms. The summed E-state index contributed by atoms with van der Waals surface area (Å²) in [6, 6.07) is 4.67. The normalized spacial score (nSPS) is 11.6. The summed E-state index contributed by atoms with van der Waals surface area (Å²) in [6.45, 7) is 3.21. The van der Waals surface area contributed by atoms with Gasteiger partial charge in [0.1, 0.15) is 0 Å². The highest BCUT2D eigenvalue weighted by atomic mass is 28.4. The van der Waals surface area contributed by atoms with Crippen molar-refractivity contribution >= 4 is 26.7 Å². The molecule has 1 aromatic rings. The third-order valence-electron chi connectivity index (χ3n) is 3.10. The lowest BCUT2D eigenvalue weighted by Gasteiger charge is -2.26. The number of alkyl halides is 3. The van der Waals surface area contributed by atoms with E-state index in [0.717, 1.165) is 32.9 Å². The third-order valence-corrected chi connectivity index (χ3v) is 5.86. The molecule has 0 saturated heterocycles. The smallest absolute Gasteiger partial charge is 0.455 e. The van der Waals surface area contributed by atoms with Crippen molar-refractivity contribution in [3.8, 4) is 0 Å². The molecule has 0 aliphatic rings. The first-order valence-corrected chi connectivity index (χ1v) is 9.61. The van der Waals surface area contributed by atoms with E-state index < -0.39 is 38.5 Å². The minimum atomic E-state index is -4.46. The maximum absolute atomic E-state index is 12.7. The van der Waals surface area contributed by atoms with Gasteiger partial charge in [0.05, 0.1) is 11.6 Å². The molecule has 0 aliphatic heterocycles. The SMILES string of the molecule is CC(=O)O[Si](CCCc1cccc(C(F)(F)F)c1)(OC(C)=O)OC(C)=O. The Morgan fingerprint density at radius 1 is 0.962 bits per heavy atom. The first kappa shape index (κ1) is 21.7. The van der Waals surface area contributed by atoms with Crippen LogP contribution in [-0.2, 0) is 40.3 Å². The molecular weight excluding hydrogens is 373 g/mol. The van der Waals surface area contributed by atoms with Crippen LogP contribution >= 0.6 is 0 Å². The van der Waals surface area contributed by atoms with E-state index in [1.54, 1.807) is 0 Å². The highest BCUT2D eigenvalue weighted by molar-refractivity contribution is 6.65. The number of hydrogen-bond acceptors (Lipinski definition) is 6. The lowest BCUT2D eigenvalue weighted by Crippen LogP contribution is -2.49. The van der Waals surface area contributed by atoms with Gasteiger partial charge in [-0.2, -0.15) is 13.2 Å². The number of benzene rings is 1. The molecule has 0 aromatic heterocycles. The summed E-state index contributed by atoms with van der Waals surface area (Å²) >= 11 is 0. The van der Waals surface area contributed by atoms with E-state index in [4.69, 9.17) is 13.3 Å². The summed E-state index contributed by atoms with van der Waals surface area (Å²) in [5.41, 5.74) is -0.380. The van der Waals surface area contributed by atoms with Crippen LogP contribution in [0.5, 0.6) is 0 Å². The van der Waals surface area contributed by atoms with Crippen LogP contribution in [0.25, 0.3) is 0 Å². The molecule has 6 nitrogen and oxygen atoms in total. The maximum Gasteiger partial charge on any atom is 0.705 e. The van der Waals surface area contributed by atoms with Crippen molar-refractivity contribution < 1.29 is 40.8 Å². The predicted octanol–water partition coefficient (Wildman–Crippen LogP) is 3.27. The molecule has 0 aliphatic carbocycles. The minimum Gasteiger partial charge on any atom is -0.455 e. The number of carbonyl (C=O) groups excluding carboxylic acids is 3. The molecule has 10 heteroatoms. The monoisotopic (exact) mass is 392 g/mol. The summed E-state index contributed by atoms with van der Waals surface area (Å²) in [4.78, 5) is 33.9. The predicted molar refractivity (Wildman–Crippen MR) is 85.6 cm³/mol. The van der Waals surface area contributed by atoms with E-state index >= 15 is 0 Å². The summed E-state index contributed by atoms with van der Waals surface area (Å²) in [5, 5.41) is 0. The minimum absolute atomic E-state index is 0.0953. The number of rotatable bonds is 7. The van der Waals surface area contributed by atoms with Crippen LogP contribution in [0, 0.1) is 0 Å². The molecule has 0 N–H and O–H groups in total. The zero-order chi connectivity index (χ0) is 20.0. The molecule has 0 radical (unpaired) electrons. The van der Waals surface area contributed by atoms with E-state index in [9.17, 15) is 27.6 Å². The van der Waals surface area contributed by atoms with Crippen LogP contribution in [0.15, 0.2) is 24.3 Å². The molecule has 0 fully saturated rings. The summed E-state index contributed by atoms with van der Waals surface area (Å²) in [6.07, 6.45) is -4.09. The quantitative estimate of drug-likeness (QED) is 0.663. The second kappa shape index (κ2) is 8.83. The molecule has 0 unspecified atom stereocenters. The summed E-state index contributed by atoms with van der Waals surface area (Å²) in [5.74, 6) is -2.38. The Hall–Kier alpha value is -2.36. The largest absolute Gasteiger partial charge is 0.705 e. The first-order chi connectivity index (χ1) is 11.9. The van der Waals surface area contributed by atoms with Gasteiger partial charge in [0.25, 0.3) is 17.9 Å². The van der Waals surface area contributed by atoms with Gasteiger partial charge in [-0.15, -0.1) is 0 Å². The van der Waals surface area contributed by atoms with Gasteiger partial charge < -0.3 is 13.3 Å². The molecule has 1 aromatic carbocycles. The Balaban J connectivity index is 2.90. The second-order valence-corrected chi connectivity index (χ2v) is 7.99. The van der Waals surface area contributed by atoms with Crippen LogP contribution < -0.4 is 0 Å². The maximum atomic E-state index is 12.7. The molecular formula is C16H19F3O6Si. The average Bonchev–Trinajstić information content (AvgIpc) is 2.44. The van der Waals surface area contributed by atoms with Crippen molar-refractivity contribution in [3.63, 3.8) is 0 Å². The molecule has 0 heterocycles.